The molecule has 0 aliphatic heterocycles. The number of hydrogen-bond donors (Lipinski definition) is 1. The Balaban J connectivity index is 2.42. The molecule has 0 nitrogen and oxygen atoms in total. The summed E-state index contributed by atoms with van der Waals surface area (Å²) >= 11 is 7.84. The van der Waals surface area contributed by atoms with Crippen molar-refractivity contribution < 1.29 is 0 Å². The molecule has 1 aromatic carbocycles. The summed E-state index contributed by atoms with van der Waals surface area (Å²) in [5, 5.41) is 0. The summed E-state index contributed by atoms with van der Waals surface area (Å²) in [5.74, 6) is 0. The fourth-order valence-electron chi connectivity index (χ4n) is 1.53. The number of unbranched alkanes of at least 4 members (excludes halogenated alkanes) is 3. The van der Waals surface area contributed by atoms with E-state index in [4.69, 9.17) is 0 Å². The molecule has 0 spiro atoms. The Kier molecular flexibility index (Phi) is 5.64. The van der Waals surface area contributed by atoms with E-state index < -0.39 is 0 Å². The van der Waals surface area contributed by atoms with Gasteiger partial charge in [0, 0.05) is 9.37 Å². The van der Waals surface area contributed by atoms with Crippen molar-refractivity contribution in [1.82, 2.24) is 0 Å². The third kappa shape index (κ3) is 4.52. The first kappa shape index (κ1) is 12.1. The molecule has 0 saturated heterocycles. The van der Waals surface area contributed by atoms with E-state index in [1.165, 1.54) is 37.7 Å². The zero-order valence-corrected chi connectivity index (χ0v) is 11.1. The standard InChI is InChI=1S/C12H17BrS/c1-2-3-4-5-6-10-7-11(13)9-12(14)8-10/h7-9,14H,2-6H2,1H3. The summed E-state index contributed by atoms with van der Waals surface area (Å²) < 4.78 is 1.13. The van der Waals surface area contributed by atoms with Crippen LogP contribution in [-0.2, 0) is 6.42 Å². The summed E-state index contributed by atoms with van der Waals surface area (Å²) in [7, 11) is 0. The van der Waals surface area contributed by atoms with Gasteiger partial charge in [-0.3, -0.25) is 0 Å². The number of benzene rings is 1. The molecule has 0 heterocycles. The number of halogens is 1. The third-order valence-corrected chi connectivity index (χ3v) is 2.98. The Morgan fingerprint density at radius 1 is 1.14 bits per heavy atom. The number of hydrogen-bond acceptors (Lipinski definition) is 1. The Morgan fingerprint density at radius 3 is 2.57 bits per heavy atom. The molecular formula is C12H17BrS. The highest BCUT2D eigenvalue weighted by Crippen LogP contribution is 2.19. The molecule has 2 heteroatoms. The molecule has 0 bridgehead atoms. The molecule has 1 rings (SSSR count). The van der Waals surface area contributed by atoms with Crippen molar-refractivity contribution in [2.45, 2.75) is 43.9 Å². The van der Waals surface area contributed by atoms with E-state index in [1.54, 1.807) is 0 Å². The predicted molar refractivity (Wildman–Crippen MR) is 69.2 cm³/mol. The summed E-state index contributed by atoms with van der Waals surface area (Å²) in [5.41, 5.74) is 1.39. The van der Waals surface area contributed by atoms with E-state index in [2.05, 4.69) is 47.6 Å². The highest BCUT2D eigenvalue weighted by molar-refractivity contribution is 9.10. The minimum absolute atomic E-state index is 1.05. The summed E-state index contributed by atoms with van der Waals surface area (Å²) in [6.45, 7) is 2.24. The molecule has 14 heavy (non-hydrogen) atoms. The average Bonchev–Trinajstić information content (AvgIpc) is 2.11. The highest BCUT2D eigenvalue weighted by Gasteiger charge is 1.97. The molecule has 0 unspecified atom stereocenters. The average molecular weight is 273 g/mol. The Morgan fingerprint density at radius 2 is 1.93 bits per heavy atom. The lowest BCUT2D eigenvalue weighted by atomic mass is 10.1. The highest BCUT2D eigenvalue weighted by atomic mass is 79.9. The molecule has 0 atom stereocenters. The van der Waals surface area contributed by atoms with Crippen LogP contribution in [0.25, 0.3) is 0 Å². The first-order valence-corrected chi connectivity index (χ1v) is 6.45. The van der Waals surface area contributed by atoms with Gasteiger partial charge in [0.2, 0.25) is 0 Å². The maximum Gasteiger partial charge on any atom is 0.0189 e. The van der Waals surface area contributed by atoms with Crippen LogP contribution in [0.4, 0.5) is 0 Å². The summed E-state index contributed by atoms with van der Waals surface area (Å²) in [4.78, 5) is 1.05. The first-order chi connectivity index (χ1) is 6.72. The van der Waals surface area contributed by atoms with Crippen LogP contribution in [-0.4, -0.2) is 0 Å². The lowest BCUT2D eigenvalue weighted by Gasteiger charge is -2.03. The van der Waals surface area contributed by atoms with Crippen LogP contribution in [0.15, 0.2) is 27.6 Å². The second-order valence-corrected chi connectivity index (χ2v) is 5.06. The summed E-state index contributed by atoms with van der Waals surface area (Å²) in [6, 6.07) is 6.37. The zero-order chi connectivity index (χ0) is 10.4. The molecule has 0 amide bonds. The molecule has 0 aliphatic carbocycles. The fourth-order valence-corrected chi connectivity index (χ4v) is 2.56. The van der Waals surface area contributed by atoms with Crippen LogP contribution in [0.3, 0.4) is 0 Å². The van der Waals surface area contributed by atoms with Crippen molar-refractivity contribution in [2.75, 3.05) is 0 Å². The van der Waals surface area contributed by atoms with Gasteiger partial charge in [0.25, 0.3) is 0 Å². The smallest absolute Gasteiger partial charge is 0.0189 e. The van der Waals surface area contributed by atoms with Crippen LogP contribution in [0.1, 0.15) is 38.2 Å². The van der Waals surface area contributed by atoms with Crippen molar-refractivity contribution in [3.63, 3.8) is 0 Å². The van der Waals surface area contributed by atoms with E-state index >= 15 is 0 Å². The largest absolute Gasteiger partial charge is 0.143 e. The van der Waals surface area contributed by atoms with Crippen molar-refractivity contribution in [2.24, 2.45) is 0 Å². The van der Waals surface area contributed by atoms with E-state index in [-0.39, 0.29) is 0 Å². The number of rotatable bonds is 5. The van der Waals surface area contributed by atoms with Crippen molar-refractivity contribution in [3.8, 4) is 0 Å². The van der Waals surface area contributed by atoms with Gasteiger partial charge in [-0.05, 0) is 36.6 Å². The molecule has 0 saturated carbocycles. The molecule has 0 fully saturated rings. The van der Waals surface area contributed by atoms with Crippen LogP contribution in [0.5, 0.6) is 0 Å². The van der Waals surface area contributed by atoms with Crippen LogP contribution in [0.2, 0.25) is 0 Å². The van der Waals surface area contributed by atoms with E-state index in [0.29, 0.717) is 0 Å². The quantitative estimate of drug-likeness (QED) is 0.574. The van der Waals surface area contributed by atoms with Gasteiger partial charge in [-0.15, -0.1) is 12.6 Å². The van der Waals surface area contributed by atoms with E-state index in [9.17, 15) is 0 Å². The lowest BCUT2D eigenvalue weighted by Crippen LogP contribution is -1.86. The third-order valence-electron chi connectivity index (χ3n) is 2.26. The van der Waals surface area contributed by atoms with Crippen LogP contribution in [0, 0.1) is 0 Å². The Labute approximate surface area is 101 Å². The van der Waals surface area contributed by atoms with Crippen LogP contribution < -0.4 is 0 Å². The van der Waals surface area contributed by atoms with Gasteiger partial charge in [0.1, 0.15) is 0 Å². The minimum Gasteiger partial charge on any atom is -0.143 e. The van der Waals surface area contributed by atoms with Gasteiger partial charge >= 0.3 is 0 Å². The second-order valence-electron chi connectivity index (χ2n) is 3.63. The molecule has 0 aliphatic rings. The number of thiol groups is 1. The van der Waals surface area contributed by atoms with Gasteiger partial charge in [-0.1, -0.05) is 42.1 Å². The number of aryl methyl sites for hydroxylation is 1. The van der Waals surface area contributed by atoms with Gasteiger partial charge in [-0.2, -0.15) is 0 Å². The first-order valence-electron chi connectivity index (χ1n) is 5.21. The normalized spacial score (nSPS) is 10.5. The van der Waals surface area contributed by atoms with E-state index in [1.807, 2.05) is 6.07 Å². The van der Waals surface area contributed by atoms with Crippen molar-refractivity contribution >= 4 is 28.6 Å². The Bertz CT molecular complexity index is 263. The lowest BCUT2D eigenvalue weighted by molar-refractivity contribution is 0.666. The van der Waals surface area contributed by atoms with Gasteiger partial charge in [0.15, 0.2) is 0 Å². The molecule has 1 aromatic rings. The maximum absolute atomic E-state index is 4.36. The van der Waals surface area contributed by atoms with Crippen molar-refractivity contribution in [3.05, 3.63) is 28.2 Å². The van der Waals surface area contributed by atoms with Crippen molar-refractivity contribution in [1.29, 1.82) is 0 Å². The topological polar surface area (TPSA) is 0 Å². The zero-order valence-electron chi connectivity index (χ0n) is 8.59. The fraction of sp³-hybridized carbons (Fsp3) is 0.500. The van der Waals surface area contributed by atoms with Gasteiger partial charge in [-0.25, -0.2) is 0 Å². The second kappa shape index (κ2) is 6.52. The predicted octanol–water partition coefficient (Wildman–Crippen LogP) is 4.86. The SMILES string of the molecule is CCCCCCc1cc(S)cc(Br)c1. The molecule has 78 valence electrons. The Hall–Kier alpha value is 0.0500. The van der Waals surface area contributed by atoms with Gasteiger partial charge in [0.05, 0.1) is 0 Å². The molecule has 0 aromatic heterocycles. The molecular weight excluding hydrogens is 256 g/mol. The van der Waals surface area contributed by atoms with E-state index in [0.717, 1.165) is 9.37 Å². The van der Waals surface area contributed by atoms with Gasteiger partial charge < -0.3 is 0 Å². The van der Waals surface area contributed by atoms with Crippen LogP contribution >= 0.6 is 28.6 Å². The monoisotopic (exact) mass is 272 g/mol. The summed E-state index contributed by atoms with van der Waals surface area (Å²) in [6.07, 6.45) is 6.45. The minimum atomic E-state index is 1.05. The molecule has 0 radical (unpaired) electrons. The molecule has 0 N–H and O–H groups in total. The maximum atomic E-state index is 4.36.